The van der Waals surface area contributed by atoms with Gasteiger partial charge in [0.05, 0.1) is 11.6 Å². The molecule has 0 unspecified atom stereocenters. The Hall–Kier alpha value is -3.00. The third-order valence-corrected chi connectivity index (χ3v) is 6.38. The van der Waals surface area contributed by atoms with Crippen molar-refractivity contribution in [2.24, 2.45) is 0 Å². The van der Waals surface area contributed by atoms with E-state index in [0.29, 0.717) is 36.1 Å². The molecule has 0 aliphatic rings. The number of H-pyrrole nitrogens is 1. The van der Waals surface area contributed by atoms with Crippen molar-refractivity contribution in [1.82, 2.24) is 10.3 Å². The van der Waals surface area contributed by atoms with Gasteiger partial charge in [-0.05, 0) is 63.0 Å². The van der Waals surface area contributed by atoms with Gasteiger partial charge < -0.3 is 24.9 Å². The van der Waals surface area contributed by atoms with Crippen molar-refractivity contribution >= 4 is 44.4 Å². The molecule has 0 saturated heterocycles. The smallest absolute Gasteiger partial charge is 0.321 e. The van der Waals surface area contributed by atoms with E-state index in [0.717, 1.165) is 32.1 Å². The Morgan fingerprint density at radius 2 is 1.91 bits per heavy atom. The summed E-state index contributed by atoms with van der Waals surface area (Å²) in [5.74, 6) is 0.234. The Kier molecular flexibility index (Phi) is 7.77. The van der Waals surface area contributed by atoms with Crippen molar-refractivity contribution in [2.75, 3.05) is 7.11 Å². The molecule has 1 aromatic heterocycles. The Morgan fingerprint density at radius 1 is 1.15 bits per heavy atom. The molecule has 0 saturated carbocycles. The molecule has 4 aromatic rings. The second-order valence-corrected chi connectivity index (χ2v) is 9.15. The van der Waals surface area contributed by atoms with E-state index in [2.05, 4.69) is 26.2 Å². The summed E-state index contributed by atoms with van der Waals surface area (Å²) >= 11 is 9.50. The molecule has 0 radical (unpaired) electrons. The average molecular weight is 544 g/mol. The zero-order valence-corrected chi connectivity index (χ0v) is 20.8. The van der Waals surface area contributed by atoms with E-state index in [4.69, 9.17) is 21.1 Å². The standard InChI is InChI=1S/C26H24BrClN2O4/c1-33-24-11-17(10-21(27)25(24)34-15-16-6-8-19(28)9-7-16)13-29-23(26(31)32)12-18-14-30-22-5-3-2-4-20(18)22/h2-11,14,23,29-30H,12-13,15H2,1H3,(H,31,32)/t23-/m1/s1. The number of benzene rings is 3. The molecule has 8 heteroatoms. The van der Waals surface area contributed by atoms with Crippen LogP contribution in [0.3, 0.4) is 0 Å². The molecule has 34 heavy (non-hydrogen) atoms. The Balaban J connectivity index is 1.45. The predicted molar refractivity (Wildman–Crippen MR) is 137 cm³/mol. The Bertz CT molecular complexity index is 1290. The number of hydrogen-bond donors (Lipinski definition) is 3. The minimum Gasteiger partial charge on any atom is -0.493 e. The van der Waals surface area contributed by atoms with Gasteiger partial charge in [-0.2, -0.15) is 0 Å². The predicted octanol–water partition coefficient (Wildman–Crippen LogP) is 5.96. The fraction of sp³-hybridized carbons (Fsp3) is 0.192. The van der Waals surface area contributed by atoms with Gasteiger partial charge in [0, 0.05) is 35.1 Å². The summed E-state index contributed by atoms with van der Waals surface area (Å²) in [6.45, 7) is 0.710. The maximum atomic E-state index is 11.9. The van der Waals surface area contributed by atoms with Crippen LogP contribution in [0.25, 0.3) is 10.9 Å². The molecule has 1 atom stereocenters. The summed E-state index contributed by atoms with van der Waals surface area (Å²) in [6.07, 6.45) is 2.23. The van der Waals surface area contributed by atoms with Crippen molar-refractivity contribution in [3.63, 3.8) is 0 Å². The quantitative estimate of drug-likeness (QED) is 0.230. The lowest BCUT2D eigenvalue weighted by Gasteiger charge is -2.17. The monoisotopic (exact) mass is 542 g/mol. The summed E-state index contributed by atoms with van der Waals surface area (Å²) in [7, 11) is 1.57. The first-order valence-electron chi connectivity index (χ1n) is 10.7. The number of carboxylic acids is 1. The lowest BCUT2D eigenvalue weighted by molar-refractivity contribution is -0.139. The summed E-state index contributed by atoms with van der Waals surface area (Å²) in [5.41, 5.74) is 3.79. The van der Waals surface area contributed by atoms with Gasteiger partial charge in [-0.15, -0.1) is 0 Å². The first-order chi connectivity index (χ1) is 16.4. The van der Waals surface area contributed by atoms with Crippen molar-refractivity contribution in [3.8, 4) is 11.5 Å². The van der Waals surface area contributed by atoms with Gasteiger partial charge in [-0.3, -0.25) is 4.79 Å². The minimum atomic E-state index is -0.903. The van der Waals surface area contributed by atoms with E-state index in [-0.39, 0.29) is 0 Å². The van der Waals surface area contributed by atoms with E-state index < -0.39 is 12.0 Å². The number of methoxy groups -OCH3 is 1. The van der Waals surface area contributed by atoms with Crippen molar-refractivity contribution in [3.05, 3.63) is 93.0 Å². The molecule has 176 valence electrons. The topological polar surface area (TPSA) is 83.6 Å². The fourth-order valence-electron chi connectivity index (χ4n) is 3.76. The van der Waals surface area contributed by atoms with Gasteiger partial charge in [0.25, 0.3) is 0 Å². The number of rotatable bonds is 10. The van der Waals surface area contributed by atoms with Gasteiger partial charge in [0.1, 0.15) is 12.6 Å². The first kappa shape index (κ1) is 24.1. The van der Waals surface area contributed by atoms with Gasteiger partial charge in [-0.25, -0.2) is 0 Å². The molecular weight excluding hydrogens is 520 g/mol. The van der Waals surface area contributed by atoms with Crippen LogP contribution in [-0.2, 0) is 24.4 Å². The molecule has 6 nitrogen and oxygen atoms in total. The molecule has 1 heterocycles. The number of fused-ring (bicyclic) bond motifs is 1. The minimum absolute atomic E-state index is 0.353. The lowest BCUT2D eigenvalue weighted by Crippen LogP contribution is -2.38. The van der Waals surface area contributed by atoms with E-state index in [1.165, 1.54) is 0 Å². The number of carbonyl (C=O) groups is 1. The zero-order chi connectivity index (χ0) is 24.1. The van der Waals surface area contributed by atoms with Crippen LogP contribution in [0, 0.1) is 0 Å². The third-order valence-electron chi connectivity index (χ3n) is 5.54. The van der Waals surface area contributed by atoms with Crippen LogP contribution in [0.2, 0.25) is 5.02 Å². The number of aromatic amines is 1. The molecule has 3 N–H and O–H groups in total. The number of hydrogen-bond acceptors (Lipinski definition) is 4. The van der Waals surface area contributed by atoms with Crippen LogP contribution in [0.1, 0.15) is 16.7 Å². The Labute approximate surface area is 211 Å². The average Bonchev–Trinajstić information content (AvgIpc) is 3.24. The van der Waals surface area contributed by atoms with Gasteiger partial charge >= 0.3 is 5.97 Å². The molecule has 0 amide bonds. The lowest BCUT2D eigenvalue weighted by atomic mass is 10.0. The highest BCUT2D eigenvalue weighted by molar-refractivity contribution is 9.10. The Morgan fingerprint density at radius 3 is 2.65 bits per heavy atom. The van der Waals surface area contributed by atoms with E-state index in [1.807, 2.05) is 66.9 Å². The van der Waals surface area contributed by atoms with Gasteiger partial charge in [-0.1, -0.05) is 41.9 Å². The largest absolute Gasteiger partial charge is 0.493 e. The number of ether oxygens (including phenoxy) is 2. The van der Waals surface area contributed by atoms with Crippen molar-refractivity contribution in [1.29, 1.82) is 0 Å². The van der Waals surface area contributed by atoms with Gasteiger partial charge in [0.15, 0.2) is 11.5 Å². The summed E-state index contributed by atoms with van der Waals surface area (Å²) < 4.78 is 12.2. The highest BCUT2D eigenvalue weighted by Gasteiger charge is 2.20. The zero-order valence-electron chi connectivity index (χ0n) is 18.5. The number of para-hydroxylation sites is 1. The summed E-state index contributed by atoms with van der Waals surface area (Å²) in [6, 6.07) is 18.3. The van der Waals surface area contributed by atoms with Crippen LogP contribution in [0.5, 0.6) is 11.5 Å². The van der Waals surface area contributed by atoms with Crippen LogP contribution < -0.4 is 14.8 Å². The molecule has 0 spiro atoms. The van der Waals surface area contributed by atoms with Crippen molar-refractivity contribution < 1.29 is 19.4 Å². The molecule has 0 bridgehead atoms. The normalized spacial score (nSPS) is 12.0. The first-order valence-corrected chi connectivity index (χ1v) is 11.9. The maximum Gasteiger partial charge on any atom is 0.321 e. The number of halogens is 2. The summed E-state index contributed by atoms with van der Waals surface area (Å²) in [4.78, 5) is 15.1. The SMILES string of the molecule is COc1cc(CN[C@H](Cc2c[nH]c3ccccc23)C(=O)O)cc(Br)c1OCc1ccc(Cl)cc1. The maximum absolute atomic E-state index is 11.9. The number of aliphatic carboxylic acids is 1. The third kappa shape index (κ3) is 5.73. The molecule has 0 aliphatic carbocycles. The number of aromatic nitrogens is 1. The van der Waals surface area contributed by atoms with Crippen LogP contribution in [0.4, 0.5) is 0 Å². The van der Waals surface area contributed by atoms with E-state index in [9.17, 15) is 9.90 Å². The van der Waals surface area contributed by atoms with Crippen LogP contribution in [0.15, 0.2) is 71.3 Å². The second-order valence-electron chi connectivity index (χ2n) is 7.86. The highest BCUT2D eigenvalue weighted by Crippen LogP contribution is 2.37. The molecule has 0 aliphatic heterocycles. The van der Waals surface area contributed by atoms with E-state index in [1.54, 1.807) is 7.11 Å². The molecule has 4 rings (SSSR count). The fourth-order valence-corrected chi connectivity index (χ4v) is 4.49. The molecule has 0 fully saturated rings. The van der Waals surface area contributed by atoms with E-state index >= 15 is 0 Å². The number of carboxylic acid groups (broad SMARTS) is 1. The van der Waals surface area contributed by atoms with Crippen LogP contribution in [-0.4, -0.2) is 29.2 Å². The second kappa shape index (κ2) is 11.0. The van der Waals surface area contributed by atoms with Gasteiger partial charge in [0.2, 0.25) is 0 Å². The van der Waals surface area contributed by atoms with Crippen molar-refractivity contribution in [2.45, 2.75) is 25.6 Å². The molecular formula is C26H24BrClN2O4. The summed E-state index contributed by atoms with van der Waals surface area (Å²) in [5, 5.41) is 14.6. The highest BCUT2D eigenvalue weighted by atomic mass is 79.9. The van der Waals surface area contributed by atoms with Crippen LogP contribution >= 0.6 is 27.5 Å². The molecule has 3 aromatic carbocycles. The number of nitrogens with one attached hydrogen (secondary N) is 2.